The quantitative estimate of drug-likeness (QED) is 0.853. The molecular weight excluding hydrogens is 236 g/mol. The zero-order valence-corrected chi connectivity index (χ0v) is 10.9. The fourth-order valence-electron chi connectivity index (χ4n) is 2.52. The summed E-state index contributed by atoms with van der Waals surface area (Å²) in [5, 5.41) is 3.86. The van der Waals surface area contributed by atoms with Gasteiger partial charge in [-0.15, -0.1) is 0 Å². The van der Waals surface area contributed by atoms with Crippen molar-refractivity contribution in [3.05, 3.63) is 34.9 Å². The molecule has 3 nitrogen and oxygen atoms in total. The van der Waals surface area contributed by atoms with Gasteiger partial charge in [0.2, 0.25) is 0 Å². The van der Waals surface area contributed by atoms with Crippen molar-refractivity contribution in [3.63, 3.8) is 0 Å². The first kappa shape index (κ1) is 14.2. The second kappa shape index (κ2) is 5.63. The van der Waals surface area contributed by atoms with Crippen LogP contribution in [0.1, 0.15) is 31.2 Å². The van der Waals surface area contributed by atoms with E-state index in [2.05, 4.69) is 5.32 Å². The average molecular weight is 255 g/mol. The summed E-state index contributed by atoms with van der Waals surface area (Å²) in [5.41, 5.74) is 0.361. The Morgan fingerprint density at radius 3 is 2.59 bits per heavy atom. The van der Waals surface area contributed by atoms with E-state index >= 15 is 0 Å². The van der Waals surface area contributed by atoms with E-state index in [1.807, 2.05) is 31.3 Å². The molecule has 0 amide bonds. The van der Waals surface area contributed by atoms with Crippen LogP contribution in [0.3, 0.4) is 0 Å². The van der Waals surface area contributed by atoms with Gasteiger partial charge >= 0.3 is 0 Å². The number of likely N-dealkylation sites (N-methyl/N-ethyl adjacent to an activating group) is 1. The van der Waals surface area contributed by atoms with Crippen molar-refractivity contribution >= 4 is 17.4 Å². The highest BCUT2D eigenvalue weighted by molar-refractivity contribution is 6.31. The second-order valence-corrected chi connectivity index (χ2v) is 4.67. The second-order valence-electron chi connectivity index (χ2n) is 4.27. The molecule has 2 rings (SSSR count). The number of hydrogen-bond acceptors (Lipinski definition) is 3. The van der Waals surface area contributed by atoms with Crippen molar-refractivity contribution in [1.82, 2.24) is 11.5 Å². The molecule has 0 radical (unpaired) electrons. The minimum atomic E-state index is -0.559. The largest absolute Gasteiger partial charge is 0.344 e. The molecule has 94 valence electrons. The zero-order valence-electron chi connectivity index (χ0n) is 10.1. The van der Waals surface area contributed by atoms with Crippen LogP contribution in [0.5, 0.6) is 0 Å². The van der Waals surface area contributed by atoms with Crippen LogP contribution in [0, 0.1) is 0 Å². The summed E-state index contributed by atoms with van der Waals surface area (Å²) in [6, 6.07) is 7.62. The SMILES string of the molecule is CNC1(c2ccccc2Cl)CCCCC1=O.N. The van der Waals surface area contributed by atoms with E-state index in [4.69, 9.17) is 11.6 Å². The number of benzene rings is 1. The van der Waals surface area contributed by atoms with Gasteiger partial charge in [-0.1, -0.05) is 36.2 Å². The molecule has 1 fully saturated rings. The number of carbonyl (C=O) groups is 1. The van der Waals surface area contributed by atoms with Gasteiger partial charge in [0.15, 0.2) is 5.78 Å². The Labute approximate surface area is 107 Å². The molecule has 4 N–H and O–H groups in total. The topological polar surface area (TPSA) is 64.1 Å². The van der Waals surface area contributed by atoms with Crippen LogP contribution in [0.15, 0.2) is 24.3 Å². The minimum absolute atomic E-state index is 0. The number of nitrogens with one attached hydrogen (secondary N) is 1. The average Bonchev–Trinajstić information content (AvgIpc) is 2.31. The van der Waals surface area contributed by atoms with Crippen LogP contribution in [0.2, 0.25) is 5.02 Å². The Kier molecular flexibility index (Phi) is 4.69. The predicted octanol–water partition coefficient (Wildman–Crippen LogP) is 3.06. The van der Waals surface area contributed by atoms with E-state index < -0.39 is 5.54 Å². The van der Waals surface area contributed by atoms with Crippen LogP contribution >= 0.6 is 11.6 Å². The lowest BCUT2D eigenvalue weighted by molar-refractivity contribution is -0.127. The van der Waals surface area contributed by atoms with E-state index in [0.29, 0.717) is 11.4 Å². The molecule has 1 aromatic rings. The lowest BCUT2D eigenvalue weighted by Crippen LogP contribution is -2.49. The van der Waals surface area contributed by atoms with Crippen LogP contribution in [-0.4, -0.2) is 12.8 Å². The number of halogens is 1. The van der Waals surface area contributed by atoms with Crippen molar-refractivity contribution in [2.45, 2.75) is 31.2 Å². The first-order valence-corrected chi connectivity index (χ1v) is 6.06. The Morgan fingerprint density at radius 2 is 2.00 bits per heavy atom. The molecule has 0 aliphatic heterocycles. The van der Waals surface area contributed by atoms with Gasteiger partial charge in [0.25, 0.3) is 0 Å². The highest BCUT2D eigenvalue weighted by Crippen LogP contribution is 2.37. The molecule has 1 atom stereocenters. The van der Waals surface area contributed by atoms with E-state index in [1.165, 1.54) is 0 Å². The number of Topliss-reactive ketones (excluding diaryl/α,β-unsaturated/α-hetero) is 1. The molecule has 1 aliphatic carbocycles. The van der Waals surface area contributed by atoms with Gasteiger partial charge in [0.1, 0.15) is 5.54 Å². The standard InChI is InChI=1S/C13H16ClNO.H3N/c1-15-13(9-5-4-8-12(13)16)10-6-2-3-7-11(10)14;/h2-3,6-7,15H,4-5,8-9H2,1H3;1H3. The highest BCUT2D eigenvalue weighted by atomic mass is 35.5. The molecule has 0 heterocycles. The first-order chi connectivity index (χ1) is 7.70. The normalized spacial score (nSPS) is 24.2. The van der Waals surface area contributed by atoms with Crippen LogP contribution in [0.4, 0.5) is 0 Å². The Hall–Kier alpha value is -0.900. The first-order valence-electron chi connectivity index (χ1n) is 5.68. The minimum Gasteiger partial charge on any atom is -0.344 e. The van der Waals surface area contributed by atoms with Crippen molar-refractivity contribution in [1.29, 1.82) is 0 Å². The van der Waals surface area contributed by atoms with Gasteiger partial charge in [-0.05, 0) is 31.5 Å². The molecule has 1 aromatic carbocycles. The molecular formula is C13H19ClN2O. The Balaban J connectivity index is 0.00000144. The van der Waals surface area contributed by atoms with E-state index in [-0.39, 0.29) is 11.9 Å². The molecule has 0 spiro atoms. The molecule has 4 heteroatoms. The monoisotopic (exact) mass is 254 g/mol. The van der Waals surface area contributed by atoms with Crippen LogP contribution in [-0.2, 0) is 10.3 Å². The summed E-state index contributed by atoms with van der Waals surface area (Å²) in [7, 11) is 1.84. The van der Waals surface area contributed by atoms with Gasteiger partial charge in [-0.25, -0.2) is 0 Å². The number of ketones is 1. The Bertz CT molecular complexity index is 408. The summed E-state index contributed by atoms with van der Waals surface area (Å²) >= 11 is 6.20. The number of hydrogen-bond donors (Lipinski definition) is 2. The molecule has 1 saturated carbocycles. The third-order valence-corrected chi connectivity index (χ3v) is 3.77. The Morgan fingerprint density at radius 1 is 1.29 bits per heavy atom. The van der Waals surface area contributed by atoms with E-state index in [0.717, 1.165) is 24.8 Å². The van der Waals surface area contributed by atoms with Crippen molar-refractivity contribution in [3.8, 4) is 0 Å². The van der Waals surface area contributed by atoms with Gasteiger partial charge in [-0.2, -0.15) is 0 Å². The molecule has 0 saturated heterocycles. The van der Waals surface area contributed by atoms with Crippen molar-refractivity contribution in [2.24, 2.45) is 0 Å². The van der Waals surface area contributed by atoms with E-state index in [9.17, 15) is 4.79 Å². The maximum absolute atomic E-state index is 12.2. The lowest BCUT2D eigenvalue weighted by Gasteiger charge is -2.36. The molecule has 1 aliphatic rings. The number of carbonyl (C=O) groups excluding carboxylic acids is 1. The molecule has 17 heavy (non-hydrogen) atoms. The number of rotatable bonds is 2. The maximum Gasteiger partial charge on any atom is 0.157 e. The van der Waals surface area contributed by atoms with Crippen LogP contribution < -0.4 is 11.5 Å². The molecule has 0 bridgehead atoms. The van der Waals surface area contributed by atoms with Gasteiger partial charge in [0.05, 0.1) is 0 Å². The van der Waals surface area contributed by atoms with Crippen LogP contribution in [0.25, 0.3) is 0 Å². The summed E-state index contributed by atoms with van der Waals surface area (Å²) in [5.74, 6) is 0.259. The highest BCUT2D eigenvalue weighted by Gasteiger charge is 2.40. The summed E-state index contributed by atoms with van der Waals surface area (Å²) in [4.78, 5) is 12.2. The van der Waals surface area contributed by atoms with E-state index in [1.54, 1.807) is 0 Å². The fraction of sp³-hybridized carbons (Fsp3) is 0.462. The van der Waals surface area contributed by atoms with Crippen molar-refractivity contribution < 1.29 is 4.79 Å². The third kappa shape index (κ3) is 2.37. The maximum atomic E-state index is 12.2. The lowest BCUT2D eigenvalue weighted by atomic mass is 9.75. The molecule has 0 aromatic heterocycles. The smallest absolute Gasteiger partial charge is 0.157 e. The summed E-state index contributed by atoms with van der Waals surface area (Å²) in [6.45, 7) is 0. The van der Waals surface area contributed by atoms with Gasteiger partial charge in [0, 0.05) is 11.4 Å². The zero-order chi connectivity index (χ0) is 11.6. The summed E-state index contributed by atoms with van der Waals surface area (Å²) in [6.07, 6.45) is 3.54. The molecule has 1 unspecified atom stereocenters. The van der Waals surface area contributed by atoms with Gasteiger partial charge in [-0.3, -0.25) is 4.79 Å². The summed E-state index contributed by atoms with van der Waals surface area (Å²) < 4.78 is 0. The predicted molar refractivity (Wildman–Crippen MR) is 70.7 cm³/mol. The third-order valence-electron chi connectivity index (χ3n) is 3.44. The van der Waals surface area contributed by atoms with Crippen molar-refractivity contribution in [2.75, 3.05) is 7.05 Å². The van der Waals surface area contributed by atoms with Gasteiger partial charge < -0.3 is 11.5 Å². The fourth-order valence-corrected chi connectivity index (χ4v) is 2.82.